The molecule has 0 radical (unpaired) electrons. The van der Waals surface area contributed by atoms with E-state index in [9.17, 15) is 0 Å². The zero-order chi connectivity index (χ0) is 20.8. The first-order chi connectivity index (χ1) is 14.7. The second kappa shape index (κ2) is 10.1. The van der Waals surface area contributed by atoms with Gasteiger partial charge >= 0.3 is 0 Å². The molecule has 1 saturated heterocycles. The predicted octanol–water partition coefficient (Wildman–Crippen LogP) is 4.83. The number of benzene rings is 1. The zero-order valence-corrected chi connectivity index (χ0v) is 18.3. The number of fused-ring (bicyclic) bond motifs is 1. The topological polar surface area (TPSA) is 43.8 Å². The maximum atomic E-state index is 4.58. The number of rotatable bonds is 3. The molecular formula is C25H35N5. The summed E-state index contributed by atoms with van der Waals surface area (Å²) in [6.45, 7) is 7.71. The summed E-state index contributed by atoms with van der Waals surface area (Å²) in [5, 5.41) is 4.37. The average molecular weight is 406 g/mol. The lowest BCUT2D eigenvalue weighted by Crippen LogP contribution is -2.45. The van der Waals surface area contributed by atoms with Gasteiger partial charge in [-0.25, -0.2) is 4.99 Å². The molecule has 3 heterocycles. The lowest BCUT2D eigenvalue weighted by Gasteiger charge is -2.36. The van der Waals surface area contributed by atoms with Crippen molar-refractivity contribution in [3.8, 4) is 0 Å². The molecule has 1 aliphatic carbocycles. The van der Waals surface area contributed by atoms with E-state index in [-0.39, 0.29) is 0 Å². The number of aliphatic imine (C=N–C) groups is 1. The highest BCUT2D eigenvalue weighted by molar-refractivity contribution is 5.87. The highest BCUT2D eigenvalue weighted by Crippen LogP contribution is 2.27. The van der Waals surface area contributed by atoms with Gasteiger partial charge in [0.25, 0.3) is 0 Å². The lowest BCUT2D eigenvalue weighted by atomic mass is 9.88. The van der Waals surface area contributed by atoms with Crippen LogP contribution in [0, 0.1) is 11.8 Å². The van der Waals surface area contributed by atoms with Crippen LogP contribution in [0.2, 0.25) is 0 Å². The molecule has 2 aromatic rings. The Hall–Kier alpha value is -2.40. The number of hydrogen-bond acceptors (Lipinski definition) is 5. The summed E-state index contributed by atoms with van der Waals surface area (Å²) in [4.78, 5) is 11.3. The third kappa shape index (κ3) is 5.39. The van der Waals surface area contributed by atoms with Gasteiger partial charge in [-0.1, -0.05) is 50.1 Å². The molecule has 1 N–H and O–H groups in total. The van der Waals surface area contributed by atoms with Crippen LogP contribution in [0.5, 0.6) is 0 Å². The minimum atomic E-state index is 0.564. The summed E-state index contributed by atoms with van der Waals surface area (Å²) in [7, 11) is 1.99. The second-order valence-corrected chi connectivity index (χ2v) is 8.91. The van der Waals surface area contributed by atoms with Gasteiger partial charge in [-0.05, 0) is 55.0 Å². The van der Waals surface area contributed by atoms with Gasteiger partial charge in [0.05, 0.1) is 0 Å². The molecule has 5 heteroatoms. The first-order valence-electron chi connectivity index (χ1n) is 11.5. The fraction of sp³-hybridized carbons (Fsp3) is 0.520. The van der Waals surface area contributed by atoms with Gasteiger partial charge in [0.1, 0.15) is 11.7 Å². The van der Waals surface area contributed by atoms with E-state index in [1.54, 1.807) is 0 Å². The van der Waals surface area contributed by atoms with Crippen LogP contribution in [0.25, 0.3) is 10.8 Å². The molecule has 30 heavy (non-hydrogen) atoms. The molecule has 1 saturated carbocycles. The van der Waals surface area contributed by atoms with E-state index in [2.05, 4.69) is 39.0 Å². The second-order valence-electron chi connectivity index (χ2n) is 8.91. The Bertz CT molecular complexity index is 805. The highest BCUT2D eigenvalue weighted by Gasteiger charge is 2.29. The maximum Gasteiger partial charge on any atom is 0.141 e. The van der Waals surface area contributed by atoms with Crippen molar-refractivity contribution >= 4 is 16.6 Å². The van der Waals surface area contributed by atoms with Gasteiger partial charge in [-0.15, -0.1) is 0 Å². The summed E-state index contributed by atoms with van der Waals surface area (Å²) >= 11 is 0. The van der Waals surface area contributed by atoms with E-state index in [4.69, 9.17) is 0 Å². The van der Waals surface area contributed by atoms with Crippen molar-refractivity contribution in [1.29, 1.82) is 0 Å². The van der Waals surface area contributed by atoms with Crippen molar-refractivity contribution in [2.45, 2.75) is 44.9 Å². The molecule has 1 aromatic carbocycles. The molecular weight excluding hydrogens is 370 g/mol. The van der Waals surface area contributed by atoms with Gasteiger partial charge in [0, 0.05) is 38.4 Å². The van der Waals surface area contributed by atoms with E-state index in [1.807, 2.05) is 42.6 Å². The van der Waals surface area contributed by atoms with E-state index in [0.717, 1.165) is 17.6 Å². The van der Waals surface area contributed by atoms with Crippen molar-refractivity contribution in [3.63, 3.8) is 0 Å². The molecule has 160 valence electrons. The van der Waals surface area contributed by atoms with Crippen LogP contribution in [0.15, 0.2) is 60.1 Å². The summed E-state index contributed by atoms with van der Waals surface area (Å²) in [6, 6.07) is 10.2. The summed E-state index contributed by atoms with van der Waals surface area (Å²) in [6.07, 6.45) is 13.5. The first kappa shape index (κ1) is 20.9. The SMILES string of the molecule is C=C1N=C(C2CCCN(CC3CCCCC3)C2)NN1C.c1ccc2cnccc2c1. The Morgan fingerprint density at radius 1 is 1.03 bits per heavy atom. The molecule has 0 amide bonds. The standard InChI is InChI=1S/C16H28N4.C9H7N/c1-13-17-16(18-19(13)2)15-9-6-10-20(12-15)11-14-7-4-3-5-8-14;1-2-4-9-7-10-6-5-8(9)3-1/h14-15H,1,3-12H2,2H3,(H,17,18);1-7H. The number of nitrogens with one attached hydrogen (secondary N) is 1. The molecule has 5 nitrogen and oxygen atoms in total. The Morgan fingerprint density at radius 2 is 1.83 bits per heavy atom. The number of likely N-dealkylation sites (tertiary alicyclic amines) is 1. The molecule has 2 fully saturated rings. The minimum Gasteiger partial charge on any atom is -0.302 e. The third-order valence-corrected chi connectivity index (χ3v) is 6.60. The largest absolute Gasteiger partial charge is 0.302 e. The van der Waals surface area contributed by atoms with Crippen LogP contribution in [0.4, 0.5) is 0 Å². The van der Waals surface area contributed by atoms with Gasteiger partial charge in [-0.3, -0.25) is 15.4 Å². The Kier molecular flexibility index (Phi) is 7.00. The Balaban J connectivity index is 0.000000181. The van der Waals surface area contributed by atoms with Crippen LogP contribution in [0.1, 0.15) is 44.9 Å². The van der Waals surface area contributed by atoms with Gasteiger partial charge in [0.15, 0.2) is 0 Å². The monoisotopic (exact) mass is 405 g/mol. The molecule has 2 aliphatic heterocycles. The molecule has 1 unspecified atom stereocenters. The molecule has 5 rings (SSSR count). The summed E-state index contributed by atoms with van der Waals surface area (Å²) in [5.41, 5.74) is 3.35. The van der Waals surface area contributed by atoms with Gasteiger partial charge in [0.2, 0.25) is 0 Å². The van der Waals surface area contributed by atoms with Gasteiger partial charge < -0.3 is 4.90 Å². The highest BCUT2D eigenvalue weighted by atomic mass is 15.6. The van der Waals surface area contributed by atoms with E-state index >= 15 is 0 Å². The molecule has 1 atom stereocenters. The third-order valence-electron chi connectivity index (χ3n) is 6.60. The summed E-state index contributed by atoms with van der Waals surface area (Å²) < 4.78 is 0. The van der Waals surface area contributed by atoms with Crippen molar-refractivity contribution in [3.05, 3.63) is 55.1 Å². The van der Waals surface area contributed by atoms with Crippen LogP contribution >= 0.6 is 0 Å². The Morgan fingerprint density at radius 3 is 2.57 bits per heavy atom. The number of hydrazine groups is 1. The van der Waals surface area contributed by atoms with E-state index in [0.29, 0.717) is 5.92 Å². The van der Waals surface area contributed by atoms with E-state index in [1.165, 1.54) is 75.4 Å². The van der Waals surface area contributed by atoms with Gasteiger partial charge in [-0.2, -0.15) is 0 Å². The predicted molar refractivity (Wildman–Crippen MR) is 125 cm³/mol. The maximum absolute atomic E-state index is 4.58. The molecule has 0 spiro atoms. The van der Waals surface area contributed by atoms with Crippen LogP contribution in [-0.2, 0) is 0 Å². The Labute approximate surface area is 180 Å². The normalized spacial score (nSPS) is 23.0. The molecule has 0 bridgehead atoms. The smallest absolute Gasteiger partial charge is 0.141 e. The number of aromatic nitrogens is 1. The van der Waals surface area contributed by atoms with Crippen molar-refractivity contribution < 1.29 is 0 Å². The lowest BCUT2D eigenvalue weighted by molar-refractivity contribution is 0.156. The van der Waals surface area contributed by atoms with Crippen molar-refractivity contribution in [2.75, 3.05) is 26.7 Å². The number of hydrogen-bond donors (Lipinski definition) is 1. The fourth-order valence-corrected chi connectivity index (χ4v) is 4.86. The van der Waals surface area contributed by atoms with E-state index < -0.39 is 0 Å². The average Bonchev–Trinajstić information content (AvgIpc) is 3.14. The van der Waals surface area contributed by atoms with Crippen LogP contribution in [0.3, 0.4) is 0 Å². The van der Waals surface area contributed by atoms with Crippen LogP contribution in [-0.4, -0.2) is 47.4 Å². The fourth-order valence-electron chi connectivity index (χ4n) is 4.86. The van der Waals surface area contributed by atoms with Crippen molar-refractivity contribution in [2.24, 2.45) is 16.8 Å². The quantitative estimate of drug-likeness (QED) is 0.794. The van der Waals surface area contributed by atoms with Crippen molar-refractivity contribution in [1.82, 2.24) is 20.3 Å². The molecule has 1 aromatic heterocycles. The number of nitrogens with zero attached hydrogens (tertiary/aromatic N) is 4. The number of pyridine rings is 1. The zero-order valence-electron chi connectivity index (χ0n) is 18.3. The first-order valence-corrected chi connectivity index (χ1v) is 11.5. The minimum absolute atomic E-state index is 0.564. The summed E-state index contributed by atoms with van der Waals surface area (Å²) in [5.74, 6) is 3.47. The number of amidine groups is 1. The molecule has 3 aliphatic rings. The number of piperidine rings is 1. The van der Waals surface area contributed by atoms with Crippen LogP contribution < -0.4 is 5.43 Å².